The fraction of sp³-hybridized carbons (Fsp3) is 0.333. The third-order valence-electron chi connectivity index (χ3n) is 3.17. The molecule has 0 bridgehead atoms. The molecule has 3 heteroatoms. The van der Waals surface area contributed by atoms with Crippen LogP contribution in [0.4, 0.5) is 0 Å². The van der Waals surface area contributed by atoms with Crippen LogP contribution in [0.5, 0.6) is 0 Å². The van der Waals surface area contributed by atoms with E-state index in [9.17, 15) is 4.79 Å². The summed E-state index contributed by atoms with van der Waals surface area (Å²) >= 11 is 0. The van der Waals surface area contributed by atoms with Crippen molar-refractivity contribution < 1.29 is 4.79 Å². The minimum absolute atomic E-state index is 0.000678. The third kappa shape index (κ3) is 2.08. The minimum Gasteiger partial charge on any atom is -0.293 e. The predicted molar refractivity (Wildman–Crippen MR) is 72.9 cm³/mol. The molecule has 0 fully saturated rings. The lowest BCUT2D eigenvalue weighted by atomic mass is 9.97. The maximum absolute atomic E-state index is 11.4. The van der Waals surface area contributed by atoms with Crippen molar-refractivity contribution in [2.45, 2.75) is 27.7 Å². The van der Waals surface area contributed by atoms with E-state index in [4.69, 9.17) is 0 Å². The monoisotopic (exact) mass is 242 g/mol. The van der Waals surface area contributed by atoms with Crippen LogP contribution in [0.15, 0.2) is 18.2 Å². The number of aryl methyl sites for hydroxylation is 4. The molecule has 0 aliphatic heterocycles. The van der Waals surface area contributed by atoms with Gasteiger partial charge in [-0.25, -0.2) is 0 Å². The van der Waals surface area contributed by atoms with Gasteiger partial charge in [0.25, 0.3) is 0 Å². The number of carbonyl (C=O) groups is 1. The fourth-order valence-electron chi connectivity index (χ4n) is 2.46. The Bertz CT molecular complexity index is 600. The van der Waals surface area contributed by atoms with Crippen molar-refractivity contribution in [2.75, 3.05) is 0 Å². The van der Waals surface area contributed by atoms with Gasteiger partial charge in [-0.2, -0.15) is 5.10 Å². The smallest absolute Gasteiger partial charge is 0.180 e. The van der Waals surface area contributed by atoms with Crippen LogP contribution in [0.3, 0.4) is 0 Å². The van der Waals surface area contributed by atoms with Crippen LogP contribution in [0.1, 0.15) is 34.1 Å². The summed E-state index contributed by atoms with van der Waals surface area (Å²) in [6.07, 6.45) is 0. The molecule has 0 aliphatic carbocycles. The molecule has 0 N–H and O–H groups in total. The molecule has 0 aliphatic rings. The van der Waals surface area contributed by atoms with E-state index in [-0.39, 0.29) is 5.78 Å². The molecule has 3 nitrogen and oxygen atoms in total. The van der Waals surface area contributed by atoms with Crippen molar-refractivity contribution in [3.8, 4) is 11.3 Å². The highest BCUT2D eigenvalue weighted by Gasteiger charge is 2.14. The summed E-state index contributed by atoms with van der Waals surface area (Å²) < 4.78 is 1.78. The van der Waals surface area contributed by atoms with Crippen LogP contribution >= 0.6 is 0 Å². The predicted octanol–water partition coefficient (Wildman–Crippen LogP) is 3.21. The van der Waals surface area contributed by atoms with Gasteiger partial charge in [-0.15, -0.1) is 0 Å². The van der Waals surface area contributed by atoms with Gasteiger partial charge in [0.15, 0.2) is 5.78 Å². The Morgan fingerprint density at radius 1 is 1.11 bits per heavy atom. The Morgan fingerprint density at radius 3 is 2.11 bits per heavy atom. The summed E-state index contributed by atoms with van der Waals surface area (Å²) in [7, 11) is 1.88. The van der Waals surface area contributed by atoms with E-state index < -0.39 is 0 Å². The molecule has 1 aromatic heterocycles. The summed E-state index contributed by atoms with van der Waals surface area (Å²) in [5.41, 5.74) is 6.36. The molecule has 0 saturated heterocycles. The van der Waals surface area contributed by atoms with Crippen LogP contribution in [-0.4, -0.2) is 15.6 Å². The number of benzene rings is 1. The first-order valence-corrected chi connectivity index (χ1v) is 6.03. The quantitative estimate of drug-likeness (QED) is 0.758. The van der Waals surface area contributed by atoms with E-state index in [1.54, 1.807) is 11.6 Å². The molecular weight excluding hydrogens is 224 g/mol. The zero-order valence-electron chi connectivity index (χ0n) is 11.5. The van der Waals surface area contributed by atoms with Gasteiger partial charge in [0, 0.05) is 19.5 Å². The molecule has 1 heterocycles. The Morgan fingerprint density at radius 2 is 1.67 bits per heavy atom. The molecule has 0 radical (unpaired) electrons. The van der Waals surface area contributed by atoms with Crippen molar-refractivity contribution >= 4 is 5.78 Å². The Hall–Kier alpha value is -1.90. The standard InChI is InChI=1S/C15H18N2O/c1-9-6-10(2)15(11(3)7-9)14-8-13(12(4)18)16-17(14)5/h6-8H,1-5H3. The molecule has 0 atom stereocenters. The zero-order valence-corrected chi connectivity index (χ0v) is 11.5. The highest BCUT2D eigenvalue weighted by Crippen LogP contribution is 2.28. The average Bonchev–Trinajstić information content (AvgIpc) is 2.59. The number of aromatic nitrogens is 2. The van der Waals surface area contributed by atoms with Crippen molar-refractivity contribution in [1.82, 2.24) is 9.78 Å². The second kappa shape index (κ2) is 4.41. The lowest BCUT2D eigenvalue weighted by molar-refractivity contribution is 0.101. The number of nitrogens with zero attached hydrogens (tertiary/aromatic N) is 2. The average molecular weight is 242 g/mol. The normalized spacial score (nSPS) is 10.7. The van der Waals surface area contributed by atoms with Gasteiger partial charge in [0.1, 0.15) is 5.69 Å². The van der Waals surface area contributed by atoms with Gasteiger partial charge in [0.2, 0.25) is 0 Å². The number of rotatable bonds is 2. The second-order valence-corrected chi connectivity index (χ2v) is 4.87. The Labute approximate surface area is 107 Å². The van der Waals surface area contributed by atoms with E-state index in [1.807, 2.05) is 13.1 Å². The van der Waals surface area contributed by atoms with E-state index in [2.05, 4.69) is 38.0 Å². The highest BCUT2D eigenvalue weighted by atomic mass is 16.1. The summed E-state index contributed by atoms with van der Waals surface area (Å²) in [4.78, 5) is 11.4. The summed E-state index contributed by atoms with van der Waals surface area (Å²) in [5, 5.41) is 4.26. The molecule has 2 rings (SSSR count). The van der Waals surface area contributed by atoms with Crippen molar-refractivity contribution in [2.24, 2.45) is 7.05 Å². The van der Waals surface area contributed by atoms with Crippen LogP contribution in [0.2, 0.25) is 0 Å². The second-order valence-electron chi connectivity index (χ2n) is 4.87. The molecule has 18 heavy (non-hydrogen) atoms. The highest BCUT2D eigenvalue weighted by molar-refractivity contribution is 5.93. The first kappa shape index (κ1) is 12.6. The summed E-state index contributed by atoms with van der Waals surface area (Å²) in [5.74, 6) is -0.000678. The minimum atomic E-state index is -0.000678. The molecule has 94 valence electrons. The first-order chi connectivity index (χ1) is 8.40. The van der Waals surface area contributed by atoms with Crippen LogP contribution in [0.25, 0.3) is 11.3 Å². The summed E-state index contributed by atoms with van der Waals surface area (Å²) in [6, 6.07) is 6.18. The first-order valence-electron chi connectivity index (χ1n) is 6.03. The van der Waals surface area contributed by atoms with Crippen molar-refractivity contribution in [3.05, 3.63) is 40.6 Å². The van der Waals surface area contributed by atoms with Gasteiger partial charge in [-0.05, 0) is 38.0 Å². The largest absolute Gasteiger partial charge is 0.293 e. The van der Waals surface area contributed by atoms with Crippen LogP contribution < -0.4 is 0 Å². The number of Topliss-reactive ketones (excluding diaryl/α,β-unsaturated/α-hetero) is 1. The van der Waals surface area contributed by atoms with E-state index in [0.29, 0.717) is 5.69 Å². The van der Waals surface area contributed by atoms with Gasteiger partial charge < -0.3 is 0 Å². The third-order valence-corrected chi connectivity index (χ3v) is 3.17. The Balaban J connectivity index is 2.66. The molecular formula is C15H18N2O. The molecule has 0 unspecified atom stereocenters. The summed E-state index contributed by atoms with van der Waals surface area (Å²) in [6.45, 7) is 7.82. The molecule has 2 aromatic rings. The number of ketones is 1. The van der Waals surface area contributed by atoms with Crippen molar-refractivity contribution in [3.63, 3.8) is 0 Å². The fourth-order valence-corrected chi connectivity index (χ4v) is 2.46. The van der Waals surface area contributed by atoms with Gasteiger partial charge in [-0.3, -0.25) is 9.48 Å². The maximum Gasteiger partial charge on any atom is 0.180 e. The van der Waals surface area contributed by atoms with E-state index >= 15 is 0 Å². The van der Waals surface area contributed by atoms with Crippen LogP contribution in [-0.2, 0) is 7.05 Å². The maximum atomic E-state index is 11.4. The topological polar surface area (TPSA) is 34.9 Å². The number of carbonyl (C=O) groups excluding carboxylic acids is 1. The number of hydrogen-bond acceptors (Lipinski definition) is 2. The number of hydrogen-bond donors (Lipinski definition) is 0. The molecule has 0 spiro atoms. The Kier molecular flexibility index (Phi) is 3.07. The lowest BCUT2D eigenvalue weighted by Crippen LogP contribution is -1.99. The van der Waals surface area contributed by atoms with Gasteiger partial charge in [-0.1, -0.05) is 17.7 Å². The molecule has 0 saturated carbocycles. The van der Waals surface area contributed by atoms with E-state index in [1.165, 1.54) is 22.3 Å². The van der Waals surface area contributed by atoms with Gasteiger partial charge in [0.05, 0.1) is 5.69 Å². The zero-order chi connectivity index (χ0) is 13.4. The molecule has 1 aromatic carbocycles. The van der Waals surface area contributed by atoms with E-state index in [0.717, 1.165) is 5.69 Å². The van der Waals surface area contributed by atoms with Crippen LogP contribution in [0, 0.1) is 20.8 Å². The van der Waals surface area contributed by atoms with Crippen molar-refractivity contribution in [1.29, 1.82) is 0 Å². The van der Waals surface area contributed by atoms with Gasteiger partial charge >= 0.3 is 0 Å². The lowest BCUT2D eigenvalue weighted by Gasteiger charge is -2.11. The SMILES string of the molecule is CC(=O)c1cc(-c2c(C)cc(C)cc2C)n(C)n1. The molecule has 0 amide bonds.